The van der Waals surface area contributed by atoms with Crippen LogP contribution in [-0.4, -0.2) is 29.5 Å². The second-order valence-electron chi connectivity index (χ2n) is 10.4. The fourth-order valence-electron chi connectivity index (χ4n) is 4.96. The third-order valence-corrected chi connectivity index (χ3v) is 7.89. The molecule has 1 atom stereocenters. The summed E-state index contributed by atoms with van der Waals surface area (Å²) >= 11 is 1.76. The van der Waals surface area contributed by atoms with E-state index in [4.69, 9.17) is 9.47 Å². The van der Waals surface area contributed by atoms with E-state index in [9.17, 15) is 9.90 Å². The van der Waals surface area contributed by atoms with Crippen molar-refractivity contribution in [3.8, 4) is 5.75 Å². The van der Waals surface area contributed by atoms with Gasteiger partial charge in [-0.25, -0.2) is 4.79 Å². The van der Waals surface area contributed by atoms with Gasteiger partial charge in [0.1, 0.15) is 5.75 Å². The molecule has 192 valence electrons. The highest BCUT2D eigenvalue weighted by molar-refractivity contribution is 7.98. The van der Waals surface area contributed by atoms with Crippen LogP contribution in [0.2, 0.25) is 0 Å². The van der Waals surface area contributed by atoms with Gasteiger partial charge >= 0.3 is 5.97 Å². The quantitative estimate of drug-likeness (QED) is 0.301. The van der Waals surface area contributed by atoms with E-state index < -0.39 is 11.6 Å². The van der Waals surface area contributed by atoms with E-state index >= 15 is 0 Å². The molecule has 2 aromatic rings. The van der Waals surface area contributed by atoms with Crippen LogP contribution in [-0.2, 0) is 16.0 Å². The molecule has 0 aliphatic heterocycles. The summed E-state index contributed by atoms with van der Waals surface area (Å²) < 4.78 is 12.4. The summed E-state index contributed by atoms with van der Waals surface area (Å²) in [5, 5.41) is 9.44. The summed E-state index contributed by atoms with van der Waals surface area (Å²) in [6.07, 6.45) is 11.9. The molecule has 3 rings (SSSR count). The standard InChI is InChI=1S/C30H42O4S/c1-21-19-24(20-22(2)28(21)34-30(3,4)29(31)32)11-16-27(25-12-14-26(35-5)15-13-25)33-18-17-23-9-7-6-8-10-23/h12-15,19-20,23,27H,6-11,16-18H2,1-5H3,(H,31,32). The Kier molecular flexibility index (Phi) is 10.1. The number of carbonyl (C=O) groups is 1. The van der Waals surface area contributed by atoms with Crippen LogP contribution in [0.3, 0.4) is 0 Å². The van der Waals surface area contributed by atoms with Gasteiger partial charge in [-0.3, -0.25) is 0 Å². The highest BCUT2D eigenvalue weighted by Crippen LogP contribution is 2.32. The lowest BCUT2D eigenvalue weighted by atomic mass is 9.87. The van der Waals surface area contributed by atoms with Crippen molar-refractivity contribution in [2.45, 2.75) is 95.7 Å². The van der Waals surface area contributed by atoms with Crippen molar-refractivity contribution in [3.63, 3.8) is 0 Å². The number of rotatable bonds is 12. The molecule has 0 spiro atoms. The zero-order chi connectivity index (χ0) is 25.4. The number of thioether (sulfide) groups is 1. The van der Waals surface area contributed by atoms with Crippen molar-refractivity contribution in [3.05, 3.63) is 58.7 Å². The van der Waals surface area contributed by atoms with Crippen LogP contribution < -0.4 is 4.74 Å². The highest BCUT2D eigenvalue weighted by Gasteiger charge is 2.30. The van der Waals surface area contributed by atoms with Gasteiger partial charge in [-0.2, -0.15) is 0 Å². The molecule has 1 N–H and O–H groups in total. The van der Waals surface area contributed by atoms with E-state index in [2.05, 4.69) is 42.7 Å². The first-order chi connectivity index (χ1) is 16.7. The normalized spacial score (nSPS) is 15.7. The molecule has 1 saturated carbocycles. The van der Waals surface area contributed by atoms with Gasteiger partial charge in [0.05, 0.1) is 6.10 Å². The van der Waals surface area contributed by atoms with Crippen LogP contribution >= 0.6 is 11.8 Å². The van der Waals surface area contributed by atoms with Gasteiger partial charge < -0.3 is 14.6 Å². The van der Waals surface area contributed by atoms with Crippen molar-refractivity contribution in [1.29, 1.82) is 0 Å². The molecule has 35 heavy (non-hydrogen) atoms. The van der Waals surface area contributed by atoms with Gasteiger partial charge in [-0.1, -0.05) is 56.4 Å². The summed E-state index contributed by atoms with van der Waals surface area (Å²) in [5.74, 6) is 0.506. The molecule has 0 aromatic heterocycles. The van der Waals surface area contributed by atoms with E-state index in [1.165, 1.54) is 48.1 Å². The van der Waals surface area contributed by atoms with Crippen LogP contribution in [0, 0.1) is 19.8 Å². The first-order valence-electron chi connectivity index (χ1n) is 13.0. The smallest absolute Gasteiger partial charge is 0.347 e. The highest BCUT2D eigenvalue weighted by atomic mass is 32.2. The molecule has 4 nitrogen and oxygen atoms in total. The SMILES string of the molecule is CSc1ccc(C(CCc2cc(C)c(OC(C)(C)C(=O)O)c(C)c2)OCCC2CCCCC2)cc1. The molecular weight excluding hydrogens is 456 g/mol. The van der Waals surface area contributed by atoms with Crippen LogP contribution in [0.1, 0.15) is 87.2 Å². The van der Waals surface area contributed by atoms with Crippen LogP contribution in [0.15, 0.2) is 41.3 Å². The first kappa shape index (κ1) is 27.6. The van der Waals surface area contributed by atoms with Crippen LogP contribution in [0.5, 0.6) is 5.75 Å². The van der Waals surface area contributed by atoms with Gasteiger partial charge in [0.2, 0.25) is 0 Å². The molecule has 1 aliphatic rings. The lowest BCUT2D eigenvalue weighted by Crippen LogP contribution is -2.38. The first-order valence-corrected chi connectivity index (χ1v) is 14.2. The Balaban J connectivity index is 1.68. The van der Waals surface area contributed by atoms with E-state index in [1.54, 1.807) is 25.6 Å². The minimum atomic E-state index is -1.27. The number of carboxylic acids is 1. The Morgan fingerprint density at radius 1 is 1.09 bits per heavy atom. The lowest BCUT2D eigenvalue weighted by molar-refractivity contribution is -0.152. The van der Waals surface area contributed by atoms with Gasteiger partial charge in [0.15, 0.2) is 5.60 Å². The van der Waals surface area contributed by atoms with E-state index in [0.29, 0.717) is 5.75 Å². The van der Waals surface area contributed by atoms with Gasteiger partial charge in [0, 0.05) is 11.5 Å². The Morgan fingerprint density at radius 2 is 1.71 bits per heavy atom. The molecule has 2 aromatic carbocycles. The minimum absolute atomic E-state index is 0.0666. The van der Waals surface area contributed by atoms with Gasteiger partial charge in [0.25, 0.3) is 0 Å². The zero-order valence-corrected chi connectivity index (χ0v) is 22.9. The Bertz CT molecular complexity index is 938. The number of benzene rings is 2. The molecule has 1 unspecified atom stereocenters. The maximum Gasteiger partial charge on any atom is 0.347 e. The predicted octanol–water partition coefficient (Wildman–Crippen LogP) is 7.93. The Morgan fingerprint density at radius 3 is 2.29 bits per heavy atom. The zero-order valence-electron chi connectivity index (χ0n) is 22.1. The third-order valence-electron chi connectivity index (χ3n) is 7.15. The molecule has 1 aliphatic carbocycles. The molecule has 5 heteroatoms. The number of hydrogen-bond donors (Lipinski definition) is 1. The monoisotopic (exact) mass is 498 g/mol. The van der Waals surface area contributed by atoms with Crippen molar-refractivity contribution < 1.29 is 19.4 Å². The summed E-state index contributed by atoms with van der Waals surface area (Å²) in [7, 11) is 0. The van der Waals surface area contributed by atoms with Crippen LogP contribution in [0.4, 0.5) is 0 Å². The Hall–Kier alpha value is -1.98. The summed E-state index contributed by atoms with van der Waals surface area (Å²) in [6.45, 7) is 7.96. The topological polar surface area (TPSA) is 55.8 Å². The van der Waals surface area contributed by atoms with Crippen molar-refractivity contribution in [2.75, 3.05) is 12.9 Å². The molecule has 0 saturated heterocycles. The maximum atomic E-state index is 11.5. The number of aryl methyl sites for hydroxylation is 3. The average molecular weight is 499 g/mol. The fourth-order valence-corrected chi connectivity index (χ4v) is 5.37. The molecule has 0 heterocycles. The third kappa shape index (κ3) is 8.01. The van der Waals surface area contributed by atoms with Gasteiger partial charge in [-0.05, 0) is 93.5 Å². The minimum Gasteiger partial charge on any atom is -0.478 e. The van der Waals surface area contributed by atoms with E-state index in [-0.39, 0.29) is 6.10 Å². The molecule has 0 bridgehead atoms. The molecule has 0 amide bonds. The number of ether oxygens (including phenoxy) is 2. The second-order valence-corrected chi connectivity index (χ2v) is 11.3. The van der Waals surface area contributed by atoms with Crippen LogP contribution in [0.25, 0.3) is 0 Å². The van der Waals surface area contributed by atoms with E-state index in [1.807, 2.05) is 13.8 Å². The summed E-state index contributed by atoms with van der Waals surface area (Å²) in [6, 6.07) is 13.0. The number of aliphatic carboxylic acids is 1. The lowest BCUT2D eigenvalue weighted by Gasteiger charge is -2.25. The second kappa shape index (κ2) is 12.8. The van der Waals surface area contributed by atoms with Gasteiger partial charge in [-0.15, -0.1) is 11.8 Å². The van der Waals surface area contributed by atoms with Crippen molar-refractivity contribution in [1.82, 2.24) is 0 Å². The Labute approximate surface area is 215 Å². The molecule has 1 fully saturated rings. The average Bonchev–Trinajstić information content (AvgIpc) is 2.84. The maximum absolute atomic E-state index is 11.5. The summed E-state index contributed by atoms with van der Waals surface area (Å²) in [5.41, 5.74) is 3.13. The number of hydrogen-bond acceptors (Lipinski definition) is 4. The molecular formula is C30H42O4S. The largest absolute Gasteiger partial charge is 0.478 e. The van der Waals surface area contributed by atoms with Crippen molar-refractivity contribution >= 4 is 17.7 Å². The van der Waals surface area contributed by atoms with Crippen molar-refractivity contribution in [2.24, 2.45) is 5.92 Å². The molecule has 0 radical (unpaired) electrons. The predicted molar refractivity (Wildman–Crippen MR) is 145 cm³/mol. The summed E-state index contributed by atoms with van der Waals surface area (Å²) in [4.78, 5) is 12.8. The fraction of sp³-hybridized carbons (Fsp3) is 0.567. The number of carboxylic acid groups (broad SMARTS) is 1. The van der Waals surface area contributed by atoms with E-state index in [0.717, 1.165) is 42.9 Å².